The quantitative estimate of drug-likeness (QED) is 0.728. The first-order valence-corrected chi connectivity index (χ1v) is 5.70. The number of hydrogen-bond donors (Lipinski definition) is 3. The number of carbonyl (C=O) groups excluding carboxylic acids is 1. The first-order chi connectivity index (χ1) is 8.11. The largest absolute Gasteiger partial charge is 0.394 e. The number of anilines is 1. The fraction of sp³-hybridized carbons (Fsp3) is 0.500. The Labute approximate surface area is 101 Å². The van der Waals surface area contributed by atoms with Crippen molar-refractivity contribution >= 4 is 11.7 Å². The first kappa shape index (κ1) is 13.4. The van der Waals surface area contributed by atoms with Crippen molar-refractivity contribution < 1.29 is 9.90 Å². The molecule has 0 aromatic carbocycles. The molecule has 1 heterocycles. The molecule has 2 amide bonds. The summed E-state index contributed by atoms with van der Waals surface area (Å²) in [5, 5.41) is 14.5. The molecule has 0 aliphatic rings. The predicted octanol–water partition coefficient (Wildman–Crippen LogP) is 1.61. The van der Waals surface area contributed by atoms with Gasteiger partial charge in [0.1, 0.15) is 0 Å². The normalized spacial score (nSPS) is 12.2. The summed E-state index contributed by atoms with van der Waals surface area (Å²) in [5.74, 6) is 0.422. The zero-order chi connectivity index (χ0) is 12.7. The molecular weight excluding hydrogens is 218 g/mol. The van der Waals surface area contributed by atoms with Crippen molar-refractivity contribution in [3.8, 4) is 0 Å². The number of pyridine rings is 1. The van der Waals surface area contributed by atoms with E-state index in [9.17, 15) is 4.79 Å². The lowest BCUT2D eigenvalue weighted by Gasteiger charge is -2.18. The molecule has 1 aromatic heterocycles. The molecule has 0 unspecified atom stereocenters. The summed E-state index contributed by atoms with van der Waals surface area (Å²) in [7, 11) is 0. The van der Waals surface area contributed by atoms with Crippen molar-refractivity contribution in [1.82, 2.24) is 10.3 Å². The van der Waals surface area contributed by atoms with Crippen molar-refractivity contribution in [2.45, 2.75) is 26.3 Å². The monoisotopic (exact) mass is 237 g/mol. The number of hydrogen-bond acceptors (Lipinski definition) is 3. The topological polar surface area (TPSA) is 74.2 Å². The van der Waals surface area contributed by atoms with Gasteiger partial charge in [-0.25, -0.2) is 4.79 Å². The molecular formula is C12H19N3O2. The van der Waals surface area contributed by atoms with Crippen LogP contribution in [0.3, 0.4) is 0 Å². The lowest BCUT2D eigenvalue weighted by Crippen LogP contribution is -2.40. The second-order valence-electron chi connectivity index (χ2n) is 4.35. The maximum absolute atomic E-state index is 11.6. The number of urea groups is 1. The SMILES string of the molecule is CC(C)C[C@@H](CO)NC(=O)Nc1cccnc1. The summed E-state index contributed by atoms with van der Waals surface area (Å²) in [5.41, 5.74) is 0.631. The van der Waals surface area contributed by atoms with Gasteiger partial charge in [-0.2, -0.15) is 0 Å². The average Bonchev–Trinajstić information content (AvgIpc) is 2.28. The number of aliphatic hydroxyl groups is 1. The van der Waals surface area contributed by atoms with Crippen LogP contribution in [0.2, 0.25) is 0 Å². The molecule has 3 N–H and O–H groups in total. The summed E-state index contributed by atoms with van der Waals surface area (Å²) >= 11 is 0. The van der Waals surface area contributed by atoms with Gasteiger partial charge < -0.3 is 15.7 Å². The van der Waals surface area contributed by atoms with Gasteiger partial charge in [-0.3, -0.25) is 4.98 Å². The zero-order valence-electron chi connectivity index (χ0n) is 10.2. The third-order valence-electron chi connectivity index (χ3n) is 2.23. The number of carbonyl (C=O) groups is 1. The van der Waals surface area contributed by atoms with Gasteiger partial charge in [0, 0.05) is 6.20 Å². The maximum Gasteiger partial charge on any atom is 0.319 e. The Morgan fingerprint density at radius 2 is 2.29 bits per heavy atom. The van der Waals surface area contributed by atoms with Gasteiger partial charge in [-0.05, 0) is 24.5 Å². The maximum atomic E-state index is 11.6. The summed E-state index contributed by atoms with van der Waals surface area (Å²) in [4.78, 5) is 15.5. The Morgan fingerprint density at radius 3 is 2.82 bits per heavy atom. The van der Waals surface area contributed by atoms with Gasteiger partial charge >= 0.3 is 6.03 Å². The molecule has 5 nitrogen and oxygen atoms in total. The number of aromatic nitrogens is 1. The molecule has 1 rings (SSSR count). The van der Waals surface area contributed by atoms with Crippen LogP contribution in [-0.4, -0.2) is 28.8 Å². The second kappa shape index (κ2) is 6.85. The highest BCUT2D eigenvalue weighted by molar-refractivity contribution is 5.89. The number of rotatable bonds is 5. The van der Waals surface area contributed by atoms with E-state index in [1.54, 1.807) is 24.5 Å². The molecule has 5 heteroatoms. The van der Waals surface area contributed by atoms with Crippen LogP contribution < -0.4 is 10.6 Å². The van der Waals surface area contributed by atoms with E-state index in [1.807, 2.05) is 13.8 Å². The summed E-state index contributed by atoms with van der Waals surface area (Å²) in [6, 6.07) is 2.96. The van der Waals surface area contributed by atoms with Crippen LogP contribution in [-0.2, 0) is 0 Å². The van der Waals surface area contributed by atoms with Gasteiger partial charge in [0.2, 0.25) is 0 Å². The molecule has 1 aromatic rings. The average molecular weight is 237 g/mol. The minimum atomic E-state index is -0.322. The van der Waals surface area contributed by atoms with Crippen LogP contribution in [0.5, 0.6) is 0 Å². The predicted molar refractivity (Wildman–Crippen MR) is 66.7 cm³/mol. The molecule has 0 bridgehead atoms. The molecule has 0 spiro atoms. The van der Waals surface area contributed by atoms with E-state index in [1.165, 1.54) is 0 Å². The molecule has 0 saturated carbocycles. The van der Waals surface area contributed by atoms with E-state index in [-0.39, 0.29) is 18.7 Å². The molecule has 0 radical (unpaired) electrons. The van der Waals surface area contributed by atoms with E-state index in [2.05, 4.69) is 15.6 Å². The lowest BCUT2D eigenvalue weighted by molar-refractivity contribution is 0.214. The summed E-state index contributed by atoms with van der Waals surface area (Å²) in [6.45, 7) is 4.03. The first-order valence-electron chi connectivity index (χ1n) is 5.70. The van der Waals surface area contributed by atoms with Gasteiger partial charge in [0.25, 0.3) is 0 Å². The molecule has 0 saturated heterocycles. The van der Waals surface area contributed by atoms with Crippen molar-refractivity contribution in [2.24, 2.45) is 5.92 Å². The van der Waals surface area contributed by atoms with Gasteiger partial charge in [0.15, 0.2) is 0 Å². The molecule has 0 fully saturated rings. The number of amides is 2. The minimum absolute atomic E-state index is 0.0569. The summed E-state index contributed by atoms with van der Waals surface area (Å²) < 4.78 is 0. The van der Waals surface area contributed by atoms with Gasteiger partial charge in [-0.15, -0.1) is 0 Å². The smallest absolute Gasteiger partial charge is 0.319 e. The second-order valence-corrected chi connectivity index (χ2v) is 4.35. The third-order valence-corrected chi connectivity index (χ3v) is 2.23. The highest BCUT2D eigenvalue weighted by atomic mass is 16.3. The summed E-state index contributed by atoms with van der Waals surface area (Å²) in [6.07, 6.45) is 3.95. The van der Waals surface area contributed by atoms with E-state index in [0.717, 1.165) is 6.42 Å². The number of nitrogens with one attached hydrogen (secondary N) is 2. The van der Waals surface area contributed by atoms with Crippen LogP contribution in [0.1, 0.15) is 20.3 Å². The van der Waals surface area contributed by atoms with Gasteiger partial charge in [-0.1, -0.05) is 13.8 Å². The molecule has 94 valence electrons. The number of nitrogens with zero attached hydrogens (tertiary/aromatic N) is 1. The Hall–Kier alpha value is -1.62. The zero-order valence-corrected chi connectivity index (χ0v) is 10.2. The Morgan fingerprint density at radius 1 is 1.53 bits per heavy atom. The van der Waals surface area contributed by atoms with Crippen LogP contribution in [0.4, 0.5) is 10.5 Å². The van der Waals surface area contributed by atoms with Crippen LogP contribution in [0.15, 0.2) is 24.5 Å². The van der Waals surface area contributed by atoms with Crippen molar-refractivity contribution in [3.63, 3.8) is 0 Å². The third kappa shape index (κ3) is 5.31. The van der Waals surface area contributed by atoms with Crippen molar-refractivity contribution in [3.05, 3.63) is 24.5 Å². The Bertz CT molecular complexity index is 341. The number of aliphatic hydroxyl groups excluding tert-OH is 1. The van der Waals surface area contributed by atoms with Crippen LogP contribution in [0, 0.1) is 5.92 Å². The molecule has 0 aliphatic heterocycles. The highest BCUT2D eigenvalue weighted by Crippen LogP contribution is 2.05. The van der Waals surface area contributed by atoms with Crippen molar-refractivity contribution in [2.75, 3.05) is 11.9 Å². The van der Waals surface area contributed by atoms with E-state index in [4.69, 9.17) is 5.11 Å². The van der Waals surface area contributed by atoms with E-state index >= 15 is 0 Å². The standard InChI is InChI=1S/C12H19N3O2/c1-9(2)6-11(8-16)15-12(17)14-10-4-3-5-13-7-10/h3-5,7,9,11,16H,6,8H2,1-2H3,(H2,14,15,17)/t11-/m0/s1. The Kier molecular flexibility index (Phi) is 5.42. The van der Waals surface area contributed by atoms with Crippen molar-refractivity contribution in [1.29, 1.82) is 0 Å². The molecule has 17 heavy (non-hydrogen) atoms. The fourth-order valence-electron chi connectivity index (χ4n) is 1.54. The minimum Gasteiger partial charge on any atom is -0.394 e. The van der Waals surface area contributed by atoms with E-state index < -0.39 is 0 Å². The van der Waals surface area contributed by atoms with Gasteiger partial charge in [0.05, 0.1) is 24.5 Å². The Balaban J connectivity index is 2.43. The van der Waals surface area contributed by atoms with Crippen LogP contribution in [0.25, 0.3) is 0 Å². The highest BCUT2D eigenvalue weighted by Gasteiger charge is 2.12. The van der Waals surface area contributed by atoms with Crippen LogP contribution >= 0.6 is 0 Å². The molecule has 1 atom stereocenters. The molecule has 0 aliphatic carbocycles. The fourth-order valence-corrected chi connectivity index (χ4v) is 1.54. The lowest BCUT2D eigenvalue weighted by atomic mass is 10.0. The van der Waals surface area contributed by atoms with E-state index in [0.29, 0.717) is 11.6 Å².